The second-order valence-electron chi connectivity index (χ2n) is 4.52. The van der Waals surface area contributed by atoms with Crippen molar-refractivity contribution in [2.24, 2.45) is 0 Å². The van der Waals surface area contributed by atoms with Crippen molar-refractivity contribution >= 4 is 23.3 Å². The van der Waals surface area contributed by atoms with Crippen LogP contribution < -0.4 is 0 Å². The van der Waals surface area contributed by atoms with E-state index in [0.29, 0.717) is 12.1 Å². The molecule has 0 bridgehead atoms. The average molecular weight is 248 g/mol. The molecule has 1 fully saturated rings. The van der Waals surface area contributed by atoms with Gasteiger partial charge in [0.2, 0.25) is 0 Å². The highest BCUT2D eigenvalue weighted by Crippen LogP contribution is 2.36. The monoisotopic (exact) mass is 248 g/mol. The summed E-state index contributed by atoms with van der Waals surface area (Å²) in [5, 5.41) is 0. The number of hydrogen-bond acceptors (Lipinski definition) is 2. The second-order valence-corrected chi connectivity index (χ2v) is 4.91. The number of ether oxygens (including phenoxy) is 1. The largest absolute Gasteiger partial charge is 0.378 e. The fourth-order valence-electron chi connectivity index (χ4n) is 2.56. The summed E-state index contributed by atoms with van der Waals surface area (Å²) in [4.78, 5) is 3.26. The van der Waals surface area contributed by atoms with Gasteiger partial charge in [0.25, 0.3) is 0 Å². The third-order valence-corrected chi connectivity index (χ3v) is 3.76. The minimum absolute atomic E-state index is 0.417. The zero-order valence-electron chi connectivity index (χ0n) is 9.85. The summed E-state index contributed by atoms with van der Waals surface area (Å²) in [5.74, 6) is 0. The Morgan fingerprint density at radius 3 is 2.94 bits per heavy atom. The van der Waals surface area contributed by atoms with Crippen molar-refractivity contribution < 1.29 is 4.74 Å². The van der Waals surface area contributed by atoms with Gasteiger partial charge in [0.05, 0.1) is 17.1 Å². The lowest BCUT2D eigenvalue weighted by Crippen LogP contribution is -2.33. The molecule has 0 atom stereocenters. The van der Waals surface area contributed by atoms with Crippen molar-refractivity contribution in [3.05, 3.63) is 29.0 Å². The van der Waals surface area contributed by atoms with Gasteiger partial charge in [0.15, 0.2) is 4.77 Å². The molecule has 1 aromatic carbocycles. The highest BCUT2D eigenvalue weighted by atomic mass is 32.1. The van der Waals surface area contributed by atoms with Gasteiger partial charge in [-0.3, -0.25) is 0 Å². The Labute approximate surface area is 105 Å². The third kappa shape index (κ3) is 1.81. The Hall–Kier alpha value is -1.13. The van der Waals surface area contributed by atoms with Crippen LogP contribution in [0.25, 0.3) is 11.0 Å². The predicted octanol–water partition coefficient (Wildman–Crippen LogP) is 3.44. The Morgan fingerprint density at radius 2 is 2.18 bits per heavy atom. The molecule has 17 heavy (non-hydrogen) atoms. The lowest BCUT2D eigenvalue weighted by atomic mass is 9.89. The van der Waals surface area contributed by atoms with Crippen LogP contribution in [0.4, 0.5) is 0 Å². The van der Waals surface area contributed by atoms with E-state index in [0.717, 1.165) is 29.7 Å². The normalized spacial score (nSPS) is 23.8. The molecule has 0 amide bonds. The van der Waals surface area contributed by atoms with E-state index in [9.17, 15) is 0 Å². The molecule has 4 heteroatoms. The number of rotatable bonds is 3. The zero-order chi connectivity index (χ0) is 11.8. The number of aromatic amines is 1. The molecular formula is C13H16N2OS. The van der Waals surface area contributed by atoms with Gasteiger partial charge in [-0.05, 0) is 44.1 Å². The Balaban J connectivity index is 1.91. The van der Waals surface area contributed by atoms with E-state index in [1.165, 1.54) is 5.52 Å². The van der Waals surface area contributed by atoms with Gasteiger partial charge < -0.3 is 14.3 Å². The standard InChI is InChI=1S/C13H16N2OS/c1-2-16-10-7-9(8-10)15-12-6-4-3-5-11(12)14-13(15)17/h3-6,9-10H,2,7-8H2,1H3,(H,14,17). The number of nitrogens with zero attached hydrogens (tertiary/aromatic N) is 1. The first-order valence-electron chi connectivity index (χ1n) is 6.10. The predicted molar refractivity (Wildman–Crippen MR) is 70.8 cm³/mol. The van der Waals surface area contributed by atoms with Gasteiger partial charge in [0, 0.05) is 12.6 Å². The van der Waals surface area contributed by atoms with Crippen molar-refractivity contribution in [3.8, 4) is 0 Å². The maximum Gasteiger partial charge on any atom is 0.178 e. The fourth-order valence-corrected chi connectivity index (χ4v) is 2.91. The highest BCUT2D eigenvalue weighted by Gasteiger charge is 2.32. The highest BCUT2D eigenvalue weighted by molar-refractivity contribution is 7.71. The number of imidazole rings is 1. The van der Waals surface area contributed by atoms with E-state index in [2.05, 4.69) is 27.8 Å². The molecule has 1 aliphatic carbocycles. The van der Waals surface area contributed by atoms with E-state index in [1.807, 2.05) is 13.0 Å². The summed E-state index contributed by atoms with van der Waals surface area (Å²) in [6, 6.07) is 8.77. The molecule has 1 saturated carbocycles. The van der Waals surface area contributed by atoms with Gasteiger partial charge >= 0.3 is 0 Å². The molecule has 1 aliphatic rings. The molecule has 1 heterocycles. The molecule has 2 aromatic rings. The van der Waals surface area contributed by atoms with Gasteiger partial charge in [-0.15, -0.1) is 0 Å². The van der Waals surface area contributed by atoms with Crippen molar-refractivity contribution in [3.63, 3.8) is 0 Å². The van der Waals surface area contributed by atoms with Crippen molar-refractivity contribution in [1.82, 2.24) is 9.55 Å². The van der Waals surface area contributed by atoms with Crippen LogP contribution in [-0.4, -0.2) is 22.3 Å². The molecule has 0 spiro atoms. The summed E-state index contributed by atoms with van der Waals surface area (Å²) < 4.78 is 8.66. The van der Waals surface area contributed by atoms with Crippen LogP contribution in [0.2, 0.25) is 0 Å². The van der Waals surface area contributed by atoms with E-state index in [-0.39, 0.29) is 0 Å². The van der Waals surface area contributed by atoms with E-state index in [1.54, 1.807) is 0 Å². The number of benzene rings is 1. The molecule has 0 radical (unpaired) electrons. The molecule has 3 nitrogen and oxygen atoms in total. The number of nitrogens with one attached hydrogen (secondary N) is 1. The quantitative estimate of drug-likeness (QED) is 0.843. The summed E-state index contributed by atoms with van der Waals surface area (Å²) >= 11 is 5.40. The van der Waals surface area contributed by atoms with Crippen LogP contribution in [0.15, 0.2) is 24.3 Å². The Bertz CT molecular complexity index is 580. The van der Waals surface area contributed by atoms with Gasteiger partial charge in [-0.1, -0.05) is 12.1 Å². The van der Waals surface area contributed by atoms with Crippen molar-refractivity contribution in [2.75, 3.05) is 6.61 Å². The van der Waals surface area contributed by atoms with Gasteiger partial charge in [-0.2, -0.15) is 0 Å². The Kier molecular flexibility index (Phi) is 2.76. The van der Waals surface area contributed by atoms with E-state index in [4.69, 9.17) is 17.0 Å². The van der Waals surface area contributed by atoms with E-state index < -0.39 is 0 Å². The second kappa shape index (κ2) is 4.27. The molecule has 0 saturated heterocycles. The lowest BCUT2D eigenvalue weighted by Gasteiger charge is -2.36. The minimum Gasteiger partial charge on any atom is -0.378 e. The van der Waals surface area contributed by atoms with E-state index >= 15 is 0 Å². The van der Waals surface area contributed by atoms with Crippen LogP contribution in [0.5, 0.6) is 0 Å². The number of para-hydroxylation sites is 2. The zero-order valence-corrected chi connectivity index (χ0v) is 10.7. The molecular weight excluding hydrogens is 232 g/mol. The van der Waals surface area contributed by atoms with Crippen LogP contribution in [0, 0.1) is 4.77 Å². The maximum absolute atomic E-state index is 5.60. The molecule has 0 unspecified atom stereocenters. The van der Waals surface area contributed by atoms with Gasteiger partial charge in [-0.25, -0.2) is 0 Å². The fraction of sp³-hybridized carbons (Fsp3) is 0.462. The summed E-state index contributed by atoms with van der Waals surface area (Å²) in [6.45, 7) is 2.85. The number of aromatic nitrogens is 2. The summed E-state index contributed by atoms with van der Waals surface area (Å²) in [7, 11) is 0. The van der Waals surface area contributed by atoms with Crippen LogP contribution in [-0.2, 0) is 4.74 Å². The van der Waals surface area contributed by atoms with Crippen LogP contribution in [0.1, 0.15) is 25.8 Å². The first-order chi connectivity index (χ1) is 8.29. The smallest absolute Gasteiger partial charge is 0.178 e. The number of hydrogen-bond donors (Lipinski definition) is 1. The van der Waals surface area contributed by atoms with Crippen molar-refractivity contribution in [1.29, 1.82) is 0 Å². The SMILES string of the molecule is CCOC1CC(n2c(=S)[nH]c3ccccc32)C1. The molecule has 90 valence electrons. The molecule has 0 aliphatic heterocycles. The van der Waals surface area contributed by atoms with Crippen LogP contribution >= 0.6 is 12.2 Å². The summed E-state index contributed by atoms with van der Waals surface area (Å²) in [5.41, 5.74) is 2.33. The summed E-state index contributed by atoms with van der Waals surface area (Å²) in [6.07, 6.45) is 2.56. The Morgan fingerprint density at radius 1 is 1.41 bits per heavy atom. The first kappa shape index (κ1) is 11.0. The molecule has 1 aromatic heterocycles. The minimum atomic E-state index is 0.417. The topological polar surface area (TPSA) is 29.9 Å². The van der Waals surface area contributed by atoms with Gasteiger partial charge in [0.1, 0.15) is 0 Å². The number of H-pyrrole nitrogens is 1. The lowest BCUT2D eigenvalue weighted by molar-refractivity contribution is -0.0190. The molecule has 3 rings (SSSR count). The first-order valence-corrected chi connectivity index (χ1v) is 6.51. The van der Waals surface area contributed by atoms with Crippen molar-refractivity contribution in [2.45, 2.75) is 31.9 Å². The third-order valence-electron chi connectivity index (χ3n) is 3.46. The maximum atomic E-state index is 5.60. The average Bonchev–Trinajstić information content (AvgIpc) is 2.59. The molecule has 1 N–H and O–H groups in total. The van der Waals surface area contributed by atoms with Crippen LogP contribution in [0.3, 0.4) is 0 Å². The number of fused-ring (bicyclic) bond motifs is 1.